The van der Waals surface area contributed by atoms with E-state index in [4.69, 9.17) is 0 Å². The number of piperidine rings is 1. The summed E-state index contributed by atoms with van der Waals surface area (Å²) in [6.45, 7) is 2.33. The summed E-state index contributed by atoms with van der Waals surface area (Å²) >= 11 is 0. The van der Waals surface area contributed by atoms with Crippen LogP contribution in [0.3, 0.4) is 0 Å². The Bertz CT molecular complexity index is 308. The zero-order valence-corrected chi connectivity index (χ0v) is 8.45. The van der Waals surface area contributed by atoms with Crippen LogP contribution >= 0.6 is 0 Å². The molecule has 1 aliphatic heterocycles. The van der Waals surface area contributed by atoms with Crippen molar-refractivity contribution in [3.8, 4) is 0 Å². The average Bonchev–Trinajstić information content (AvgIpc) is 2.98. The van der Waals surface area contributed by atoms with Crippen LogP contribution < -0.4 is 5.32 Å². The number of hydrogen-bond donors (Lipinski definition) is 1. The molecule has 14 heavy (non-hydrogen) atoms. The molecule has 3 heteroatoms. The molecule has 1 aromatic rings. The molecule has 76 valence electrons. The van der Waals surface area contributed by atoms with Gasteiger partial charge in [-0.15, -0.1) is 0 Å². The van der Waals surface area contributed by atoms with E-state index in [0.29, 0.717) is 5.92 Å². The van der Waals surface area contributed by atoms with Gasteiger partial charge in [-0.3, -0.25) is 4.68 Å². The van der Waals surface area contributed by atoms with Gasteiger partial charge < -0.3 is 5.32 Å². The highest BCUT2D eigenvalue weighted by Crippen LogP contribution is 2.37. The summed E-state index contributed by atoms with van der Waals surface area (Å²) in [4.78, 5) is 0. The second-order valence-electron chi connectivity index (χ2n) is 4.48. The minimum absolute atomic E-state index is 0.701. The lowest BCUT2D eigenvalue weighted by Crippen LogP contribution is -2.29. The van der Waals surface area contributed by atoms with E-state index in [1.54, 1.807) is 0 Å². The van der Waals surface area contributed by atoms with Gasteiger partial charge in [-0.1, -0.05) is 0 Å². The van der Waals surface area contributed by atoms with Gasteiger partial charge in [0.1, 0.15) is 0 Å². The molecule has 1 saturated carbocycles. The first kappa shape index (κ1) is 8.48. The molecule has 1 saturated heterocycles. The quantitative estimate of drug-likeness (QED) is 0.771. The van der Waals surface area contributed by atoms with Crippen LogP contribution in [0.25, 0.3) is 0 Å². The maximum absolute atomic E-state index is 4.44. The number of hydrogen-bond acceptors (Lipinski definition) is 2. The summed E-state index contributed by atoms with van der Waals surface area (Å²) in [5.74, 6) is 0.701. The number of nitrogens with zero attached hydrogens (tertiary/aromatic N) is 2. The van der Waals surface area contributed by atoms with Gasteiger partial charge in [0.05, 0.1) is 6.04 Å². The monoisotopic (exact) mass is 191 g/mol. The highest BCUT2D eigenvalue weighted by molar-refractivity contribution is 5.12. The lowest BCUT2D eigenvalue weighted by Gasteiger charge is -2.23. The van der Waals surface area contributed by atoms with Gasteiger partial charge in [-0.25, -0.2) is 0 Å². The Hall–Kier alpha value is -0.830. The Morgan fingerprint density at radius 3 is 3.00 bits per heavy atom. The summed E-state index contributed by atoms with van der Waals surface area (Å²) in [6, 6.07) is 2.93. The SMILES string of the molecule is c1cc(C2CCCNC2)n(C2CC2)n1. The van der Waals surface area contributed by atoms with Crippen LogP contribution in [0.5, 0.6) is 0 Å². The van der Waals surface area contributed by atoms with Crippen LogP contribution in [-0.2, 0) is 0 Å². The minimum Gasteiger partial charge on any atom is -0.316 e. The van der Waals surface area contributed by atoms with E-state index in [9.17, 15) is 0 Å². The first-order chi connectivity index (χ1) is 6.95. The molecule has 0 aromatic carbocycles. The predicted molar refractivity (Wildman–Crippen MR) is 55.3 cm³/mol. The summed E-state index contributed by atoms with van der Waals surface area (Å²) in [5, 5.41) is 7.91. The molecule has 1 unspecified atom stereocenters. The predicted octanol–water partition coefficient (Wildman–Crippen LogP) is 1.69. The molecule has 0 radical (unpaired) electrons. The van der Waals surface area contributed by atoms with E-state index in [0.717, 1.165) is 12.6 Å². The van der Waals surface area contributed by atoms with E-state index in [1.807, 2.05) is 6.20 Å². The van der Waals surface area contributed by atoms with Crippen molar-refractivity contribution in [1.29, 1.82) is 0 Å². The van der Waals surface area contributed by atoms with E-state index in [2.05, 4.69) is 21.2 Å². The second kappa shape index (κ2) is 3.39. The first-order valence-electron chi connectivity index (χ1n) is 5.69. The normalized spacial score (nSPS) is 27.9. The molecule has 2 heterocycles. The van der Waals surface area contributed by atoms with E-state index >= 15 is 0 Å². The number of rotatable bonds is 2. The van der Waals surface area contributed by atoms with Gasteiger partial charge in [0.25, 0.3) is 0 Å². The number of nitrogens with one attached hydrogen (secondary N) is 1. The largest absolute Gasteiger partial charge is 0.316 e. The summed E-state index contributed by atoms with van der Waals surface area (Å²) < 4.78 is 2.26. The molecule has 1 aliphatic carbocycles. The molecular formula is C11H17N3. The Balaban J connectivity index is 1.82. The molecule has 0 amide bonds. The van der Waals surface area contributed by atoms with Crippen LogP contribution in [0.4, 0.5) is 0 Å². The maximum Gasteiger partial charge on any atom is 0.0524 e. The third-order valence-electron chi connectivity index (χ3n) is 3.31. The van der Waals surface area contributed by atoms with Crippen molar-refractivity contribution in [2.75, 3.05) is 13.1 Å². The van der Waals surface area contributed by atoms with Crippen LogP contribution in [0.15, 0.2) is 12.3 Å². The molecule has 0 spiro atoms. The molecule has 0 bridgehead atoms. The van der Waals surface area contributed by atoms with Gasteiger partial charge in [-0.05, 0) is 38.3 Å². The van der Waals surface area contributed by atoms with Gasteiger partial charge in [0.2, 0.25) is 0 Å². The van der Waals surface area contributed by atoms with Crippen LogP contribution in [0.2, 0.25) is 0 Å². The highest BCUT2D eigenvalue weighted by atomic mass is 15.3. The van der Waals surface area contributed by atoms with E-state index < -0.39 is 0 Å². The Morgan fingerprint density at radius 2 is 2.29 bits per heavy atom. The molecule has 3 nitrogen and oxygen atoms in total. The standard InChI is InChI=1S/C11H17N3/c1-2-9(8-12-6-1)11-5-7-13-14(11)10-3-4-10/h5,7,9-10,12H,1-4,6,8H2. The highest BCUT2D eigenvalue weighted by Gasteiger charge is 2.28. The van der Waals surface area contributed by atoms with Crippen molar-refractivity contribution in [3.05, 3.63) is 18.0 Å². The van der Waals surface area contributed by atoms with Crippen molar-refractivity contribution < 1.29 is 0 Å². The zero-order chi connectivity index (χ0) is 9.38. The summed E-state index contributed by atoms with van der Waals surface area (Å²) in [6.07, 6.45) is 7.25. The topological polar surface area (TPSA) is 29.9 Å². The third kappa shape index (κ3) is 1.46. The number of aromatic nitrogens is 2. The summed E-state index contributed by atoms with van der Waals surface area (Å²) in [7, 11) is 0. The first-order valence-corrected chi connectivity index (χ1v) is 5.69. The van der Waals surface area contributed by atoms with Crippen LogP contribution in [0.1, 0.15) is 43.3 Å². The molecule has 2 fully saturated rings. The molecule has 1 aromatic heterocycles. The minimum atomic E-state index is 0.701. The average molecular weight is 191 g/mol. The summed E-state index contributed by atoms with van der Waals surface area (Å²) in [5.41, 5.74) is 1.46. The van der Waals surface area contributed by atoms with Gasteiger partial charge >= 0.3 is 0 Å². The molecule has 2 aliphatic rings. The van der Waals surface area contributed by atoms with E-state index in [-0.39, 0.29) is 0 Å². The van der Waals surface area contributed by atoms with Gasteiger partial charge in [-0.2, -0.15) is 5.10 Å². The van der Waals surface area contributed by atoms with Crippen molar-refractivity contribution in [2.45, 2.75) is 37.6 Å². The fraction of sp³-hybridized carbons (Fsp3) is 0.727. The van der Waals surface area contributed by atoms with E-state index in [1.165, 1.54) is 37.9 Å². The Kier molecular flexibility index (Phi) is 2.05. The lowest BCUT2D eigenvalue weighted by molar-refractivity contribution is 0.432. The fourth-order valence-electron chi connectivity index (χ4n) is 2.38. The van der Waals surface area contributed by atoms with Gasteiger partial charge in [0.15, 0.2) is 0 Å². The van der Waals surface area contributed by atoms with Crippen molar-refractivity contribution in [2.24, 2.45) is 0 Å². The molecule has 1 atom stereocenters. The molecule has 1 N–H and O–H groups in total. The van der Waals surface area contributed by atoms with Crippen molar-refractivity contribution in [1.82, 2.24) is 15.1 Å². The fourth-order valence-corrected chi connectivity index (χ4v) is 2.38. The van der Waals surface area contributed by atoms with Crippen LogP contribution in [0, 0.1) is 0 Å². The maximum atomic E-state index is 4.44. The van der Waals surface area contributed by atoms with Crippen LogP contribution in [-0.4, -0.2) is 22.9 Å². The molecular weight excluding hydrogens is 174 g/mol. The van der Waals surface area contributed by atoms with Gasteiger partial charge in [0, 0.05) is 24.4 Å². The lowest BCUT2D eigenvalue weighted by atomic mass is 9.96. The zero-order valence-electron chi connectivity index (χ0n) is 8.45. The Morgan fingerprint density at radius 1 is 1.36 bits per heavy atom. The van der Waals surface area contributed by atoms with Crippen molar-refractivity contribution >= 4 is 0 Å². The molecule has 3 rings (SSSR count). The Labute approximate surface area is 84.5 Å². The third-order valence-corrected chi connectivity index (χ3v) is 3.31. The van der Waals surface area contributed by atoms with Crippen molar-refractivity contribution in [3.63, 3.8) is 0 Å². The second-order valence-corrected chi connectivity index (χ2v) is 4.48. The smallest absolute Gasteiger partial charge is 0.0524 e.